The SMILES string of the molecule is CNCCOc1ccc2c(c1)C(=O)c1ccc(OCCNC)cc1-2. The van der Waals surface area contributed by atoms with Crippen molar-refractivity contribution >= 4 is 5.78 Å². The maximum atomic E-state index is 12.6. The van der Waals surface area contributed by atoms with Crippen molar-refractivity contribution < 1.29 is 14.3 Å². The summed E-state index contributed by atoms with van der Waals surface area (Å²) in [6.45, 7) is 2.70. The zero-order valence-corrected chi connectivity index (χ0v) is 14.0. The van der Waals surface area contributed by atoms with Crippen LogP contribution in [0.1, 0.15) is 15.9 Å². The van der Waals surface area contributed by atoms with Crippen LogP contribution in [-0.4, -0.2) is 46.2 Å². The lowest BCUT2D eigenvalue weighted by Gasteiger charge is -2.08. The van der Waals surface area contributed by atoms with Gasteiger partial charge in [-0.2, -0.15) is 0 Å². The van der Waals surface area contributed by atoms with Crippen LogP contribution in [0.15, 0.2) is 36.4 Å². The van der Waals surface area contributed by atoms with E-state index in [1.165, 1.54) is 0 Å². The molecular weight excluding hydrogens is 304 g/mol. The molecule has 0 bridgehead atoms. The molecule has 5 heteroatoms. The van der Waals surface area contributed by atoms with Crippen LogP contribution in [0, 0.1) is 0 Å². The van der Waals surface area contributed by atoms with Gasteiger partial charge in [-0.3, -0.25) is 4.79 Å². The number of carbonyl (C=O) groups is 1. The molecule has 0 atom stereocenters. The Labute approximate surface area is 142 Å². The minimum Gasteiger partial charge on any atom is -0.492 e. The van der Waals surface area contributed by atoms with Gasteiger partial charge in [0.1, 0.15) is 24.7 Å². The van der Waals surface area contributed by atoms with E-state index in [1.54, 1.807) is 0 Å². The van der Waals surface area contributed by atoms with Crippen molar-refractivity contribution in [3.63, 3.8) is 0 Å². The number of likely N-dealkylation sites (N-methyl/N-ethyl adjacent to an activating group) is 2. The van der Waals surface area contributed by atoms with E-state index in [0.29, 0.717) is 18.8 Å². The van der Waals surface area contributed by atoms with E-state index in [-0.39, 0.29) is 5.78 Å². The molecule has 3 rings (SSSR count). The van der Waals surface area contributed by atoms with Crippen LogP contribution >= 0.6 is 0 Å². The first-order valence-electron chi connectivity index (χ1n) is 8.12. The van der Waals surface area contributed by atoms with Gasteiger partial charge in [-0.05, 0) is 61.6 Å². The minimum absolute atomic E-state index is 0.0424. The monoisotopic (exact) mass is 326 g/mol. The predicted molar refractivity (Wildman–Crippen MR) is 94.2 cm³/mol. The van der Waals surface area contributed by atoms with Crippen LogP contribution in [-0.2, 0) is 0 Å². The van der Waals surface area contributed by atoms with Crippen LogP contribution in [0.3, 0.4) is 0 Å². The molecule has 1 aliphatic carbocycles. The van der Waals surface area contributed by atoms with E-state index in [1.807, 2.05) is 50.5 Å². The normalized spacial score (nSPS) is 12.0. The summed E-state index contributed by atoms with van der Waals surface area (Å²) in [4.78, 5) is 12.6. The highest BCUT2D eigenvalue weighted by atomic mass is 16.5. The number of ether oxygens (including phenoxy) is 2. The summed E-state index contributed by atoms with van der Waals surface area (Å²) in [5, 5.41) is 6.07. The highest BCUT2D eigenvalue weighted by molar-refractivity contribution is 6.22. The lowest BCUT2D eigenvalue weighted by molar-refractivity contribution is 0.104. The van der Waals surface area contributed by atoms with Crippen molar-refractivity contribution in [1.82, 2.24) is 10.6 Å². The third kappa shape index (κ3) is 3.27. The molecule has 0 saturated heterocycles. The summed E-state index contributed by atoms with van der Waals surface area (Å²) in [5.74, 6) is 1.54. The molecule has 0 unspecified atom stereocenters. The van der Waals surface area contributed by atoms with Crippen molar-refractivity contribution in [1.29, 1.82) is 0 Å². The second kappa shape index (κ2) is 7.47. The molecule has 1 aliphatic rings. The Morgan fingerprint density at radius 1 is 0.750 bits per heavy atom. The smallest absolute Gasteiger partial charge is 0.194 e. The van der Waals surface area contributed by atoms with Crippen LogP contribution in [0.2, 0.25) is 0 Å². The van der Waals surface area contributed by atoms with Crippen molar-refractivity contribution in [3.05, 3.63) is 47.5 Å². The molecule has 0 spiro atoms. The average Bonchev–Trinajstić information content (AvgIpc) is 2.88. The first-order chi connectivity index (χ1) is 11.7. The number of carbonyl (C=O) groups excluding carboxylic acids is 1. The molecule has 2 aromatic carbocycles. The van der Waals surface area contributed by atoms with Gasteiger partial charge in [-0.15, -0.1) is 0 Å². The summed E-state index contributed by atoms with van der Waals surface area (Å²) in [7, 11) is 3.76. The second-order valence-electron chi connectivity index (χ2n) is 5.65. The van der Waals surface area contributed by atoms with E-state index < -0.39 is 0 Å². The van der Waals surface area contributed by atoms with Gasteiger partial charge in [0, 0.05) is 24.2 Å². The van der Waals surface area contributed by atoms with E-state index in [9.17, 15) is 4.79 Å². The quantitative estimate of drug-likeness (QED) is 0.621. The lowest BCUT2D eigenvalue weighted by Crippen LogP contribution is -2.16. The Morgan fingerprint density at radius 2 is 1.29 bits per heavy atom. The standard InChI is InChI=1S/C19H22N2O3/c1-20-7-9-23-13-4-6-16-17(11-13)15-5-3-14(24-10-8-21-2)12-18(15)19(16)22/h3-6,11-12,20-21H,7-10H2,1-2H3. The summed E-state index contributed by atoms with van der Waals surface area (Å²) in [6, 6.07) is 11.3. The average molecular weight is 326 g/mol. The second-order valence-corrected chi connectivity index (χ2v) is 5.65. The van der Waals surface area contributed by atoms with E-state index in [2.05, 4.69) is 10.6 Å². The van der Waals surface area contributed by atoms with Gasteiger partial charge >= 0.3 is 0 Å². The first-order valence-corrected chi connectivity index (χ1v) is 8.12. The zero-order valence-electron chi connectivity index (χ0n) is 14.0. The Kier molecular flexibility index (Phi) is 5.13. The molecule has 2 N–H and O–H groups in total. The van der Waals surface area contributed by atoms with E-state index in [0.717, 1.165) is 41.3 Å². The van der Waals surface area contributed by atoms with Crippen LogP contribution in [0.25, 0.3) is 11.1 Å². The van der Waals surface area contributed by atoms with Crippen LogP contribution < -0.4 is 20.1 Å². The van der Waals surface area contributed by atoms with Gasteiger partial charge < -0.3 is 20.1 Å². The molecule has 0 aliphatic heterocycles. The molecule has 0 amide bonds. The van der Waals surface area contributed by atoms with E-state index >= 15 is 0 Å². The minimum atomic E-state index is 0.0424. The number of hydrogen-bond donors (Lipinski definition) is 2. The molecule has 0 fully saturated rings. The third-order valence-corrected chi connectivity index (χ3v) is 4.00. The van der Waals surface area contributed by atoms with Crippen molar-refractivity contribution in [3.8, 4) is 22.6 Å². The van der Waals surface area contributed by atoms with Crippen molar-refractivity contribution in [2.24, 2.45) is 0 Å². The molecule has 5 nitrogen and oxygen atoms in total. The molecule has 0 heterocycles. The Balaban J connectivity index is 1.83. The van der Waals surface area contributed by atoms with Crippen molar-refractivity contribution in [2.75, 3.05) is 40.4 Å². The highest BCUT2D eigenvalue weighted by Crippen LogP contribution is 2.40. The Hall–Kier alpha value is -2.37. The maximum Gasteiger partial charge on any atom is 0.194 e. The largest absolute Gasteiger partial charge is 0.492 e. The first kappa shape index (κ1) is 16.5. The topological polar surface area (TPSA) is 59.6 Å². The molecule has 0 saturated carbocycles. The summed E-state index contributed by atoms with van der Waals surface area (Å²) in [5.41, 5.74) is 3.28. The number of nitrogens with one attached hydrogen (secondary N) is 2. The van der Waals surface area contributed by atoms with Gasteiger partial charge in [0.25, 0.3) is 0 Å². The molecular formula is C19H22N2O3. The molecule has 2 aromatic rings. The lowest BCUT2D eigenvalue weighted by atomic mass is 10.1. The fourth-order valence-electron chi connectivity index (χ4n) is 2.76. The third-order valence-electron chi connectivity index (χ3n) is 4.00. The van der Waals surface area contributed by atoms with Gasteiger partial charge in [-0.25, -0.2) is 0 Å². The Bertz CT molecular complexity index is 743. The van der Waals surface area contributed by atoms with E-state index in [4.69, 9.17) is 9.47 Å². The maximum absolute atomic E-state index is 12.6. The van der Waals surface area contributed by atoms with Crippen LogP contribution in [0.5, 0.6) is 11.5 Å². The summed E-state index contributed by atoms with van der Waals surface area (Å²) >= 11 is 0. The fourth-order valence-corrected chi connectivity index (χ4v) is 2.76. The fraction of sp³-hybridized carbons (Fsp3) is 0.316. The number of benzene rings is 2. The predicted octanol–water partition coefficient (Wildman–Crippen LogP) is 2.09. The van der Waals surface area contributed by atoms with Gasteiger partial charge in [0.05, 0.1) is 0 Å². The molecule has 126 valence electrons. The molecule has 24 heavy (non-hydrogen) atoms. The van der Waals surface area contributed by atoms with Gasteiger partial charge in [0.15, 0.2) is 5.78 Å². The number of ketones is 1. The van der Waals surface area contributed by atoms with Crippen molar-refractivity contribution in [2.45, 2.75) is 0 Å². The van der Waals surface area contributed by atoms with Gasteiger partial charge in [-0.1, -0.05) is 0 Å². The molecule has 0 radical (unpaired) electrons. The summed E-state index contributed by atoms with van der Waals surface area (Å²) in [6.07, 6.45) is 0. The zero-order chi connectivity index (χ0) is 16.9. The number of hydrogen-bond acceptors (Lipinski definition) is 5. The van der Waals surface area contributed by atoms with Gasteiger partial charge in [0.2, 0.25) is 0 Å². The number of rotatable bonds is 8. The summed E-state index contributed by atoms with van der Waals surface area (Å²) < 4.78 is 11.4. The molecule has 0 aromatic heterocycles. The number of fused-ring (bicyclic) bond motifs is 3. The van der Waals surface area contributed by atoms with Crippen LogP contribution in [0.4, 0.5) is 0 Å². The highest BCUT2D eigenvalue weighted by Gasteiger charge is 2.27. The Morgan fingerprint density at radius 3 is 1.88 bits per heavy atom.